The molecule has 2 rings (SSSR count). The van der Waals surface area contributed by atoms with Crippen LogP contribution in [0.25, 0.3) is 0 Å². The van der Waals surface area contributed by atoms with E-state index in [1.165, 1.54) is 25.3 Å². The molecule has 20 heavy (non-hydrogen) atoms. The quantitative estimate of drug-likeness (QED) is 0.436. The summed E-state index contributed by atoms with van der Waals surface area (Å²) in [5.74, 6) is 6.19. The first-order chi connectivity index (χ1) is 9.62. The fourth-order valence-corrected chi connectivity index (χ4v) is 2.83. The number of hydrazine groups is 1. The molecule has 0 spiro atoms. The van der Waals surface area contributed by atoms with Gasteiger partial charge in [-0.05, 0) is 37.7 Å². The number of nitro benzene ring substituents is 1. The van der Waals surface area contributed by atoms with Crippen LogP contribution in [-0.2, 0) is 0 Å². The van der Waals surface area contributed by atoms with E-state index < -0.39 is 4.92 Å². The Hall–Kier alpha value is -1.82. The van der Waals surface area contributed by atoms with E-state index in [4.69, 9.17) is 5.84 Å². The first-order valence-corrected chi connectivity index (χ1v) is 7.15. The number of benzene rings is 1. The maximum atomic E-state index is 10.9. The van der Waals surface area contributed by atoms with Crippen LogP contribution in [-0.4, -0.2) is 11.0 Å². The molecule has 110 valence electrons. The largest absolute Gasteiger partial charge is 0.382 e. The van der Waals surface area contributed by atoms with Gasteiger partial charge in [-0.15, -0.1) is 0 Å². The summed E-state index contributed by atoms with van der Waals surface area (Å²) in [4.78, 5) is 10.5. The minimum Gasteiger partial charge on any atom is -0.382 e. The van der Waals surface area contributed by atoms with Crippen LogP contribution in [0.15, 0.2) is 18.2 Å². The van der Waals surface area contributed by atoms with Crippen LogP contribution in [0.4, 0.5) is 17.1 Å². The van der Waals surface area contributed by atoms with E-state index in [1.54, 1.807) is 12.1 Å². The summed E-state index contributed by atoms with van der Waals surface area (Å²) in [5, 5.41) is 14.3. The van der Waals surface area contributed by atoms with Crippen LogP contribution in [0.1, 0.15) is 39.0 Å². The zero-order chi connectivity index (χ0) is 14.5. The lowest BCUT2D eigenvalue weighted by atomic mass is 9.84. The predicted octanol–water partition coefficient (Wildman–Crippen LogP) is 3.26. The molecular weight excluding hydrogens is 256 g/mol. The molecule has 0 bridgehead atoms. The van der Waals surface area contributed by atoms with Crippen molar-refractivity contribution in [1.82, 2.24) is 0 Å². The van der Waals surface area contributed by atoms with Gasteiger partial charge in [0, 0.05) is 23.9 Å². The summed E-state index contributed by atoms with van der Waals surface area (Å²) >= 11 is 0. The molecular formula is C14H22N4O2. The molecule has 1 saturated carbocycles. The molecule has 1 aliphatic carbocycles. The van der Waals surface area contributed by atoms with Gasteiger partial charge in [0.15, 0.2) is 0 Å². The van der Waals surface area contributed by atoms with Crippen LogP contribution < -0.4 is 16.6 Å². The number of nitrogens with zero attached hydrogens (tertiary/aromatic N) is 1. The Morgan fingerprint density at radius 2 is 1.90 bits per heavy atom. The molecule has 1 aromatic rings. The van der Waals surface area contributed by atoms with Gasteiger partial charge >= 0.3 is 0 Å². The molecule has 6 heteroatoms. The first kappa shape index (κ1) is 14.6. The number of hydrogen-bond donors (Lipinski definition) is 3. The first-order valence-electron chi connectivity index (χ1n) is 7.15. The van der Waals surface area contributed by atoms with Gasteiger partial charge in [-0.2, -0.15) is 0 Å². The standard InChI is InChI=1S/C14H22N4O2/c1-2-10-3-5-11(6-4-10)16-12-7-13(17-15)9-14(8-12)18(19)20/h7-11,16-17H,2-6,15H2,1H3. The van der Waals surface area contributed by atoms with E-state index in [-0.39, 0.29) is 5.69 Å². The molecule has 4 N–H and O–H groups in total. The maximum Gasteiger partial charge on any atom is 0.273 e. The Labute approximate surface area is 118 Å². The number of rotatable bonds is 5. The van der Waals surface area contributed by atoms with E-state index in [2.05, 4.69) is 17.7 Å². The Morgan fingerprint density at radius 1 is 1.25 bits per heavy atom. The summed E-state index contributed by atoms with van der Waals surface area (Å²) in [5.41, 5.74) is 3.82. The highest BCUT2D eigenvalue weighted by Crippen LogP contribution is 2.30. The van der Waals surface area contributed by atoms with E-state index in [9.17, 15) is 10.1 Å². The third-order valence-corrected chi connectivity index (χ3v) is 4.09. The number of anilines is 2. The predicted molar refractivity (Wildman–Crippen MR) is 80.6 cm³/mol. The zero-order valence-corrected chi connectivity index (χ0v) is 11.8. The molecule has 0 unspecified atom stereocenters. The molecule has 0 saturated heterocycles. The smallest absolute Gasteiger partial charge is 0.273 e. The Balaban J connectivity index is 2.05. The SMILES string of the molecule is CCC1CCC(Nc2cc(NN)cc([N+](=O)[O-])c2)CC1. The minimum absolute atomic E-state index is 0.0465. The lowest BCUT2D eigenvalue weighted by Crippen LogP contribution is -2.26. The topological polar surface area (TPSA) is 93.2 Å². The molecule has 6 nitrogen and oxygen atoms in total. The molecule has 0 aliphatic heterocycles. The van der Waals surface area contributed by atoms with Gasteiger partial charge in [-0.1, -0.05) is 13.3 Å². The van der Waals surface area contributed by atoms with Crippen LogP contribution in [0.3, 0.4) is 0 Å². The van der Waals surface area contributed by atoms with Crippen molar-refractivity contribution >= 4 is 17.1 Å². The van der Waals surface area contributed by atoms with E-state index in [1.807, 2.05) is 0 Å². The van der Waals surface area contributed by atoms with Crippen LogP contribution in [0.5, 0.6) is 0 Å². The van der Waals surface area contributed by atoms with Crippen LogP contribution in [0, 0.1) is 16.0 Å². The van der Waals surface area contributed by atoms with Gasteiger partial charge in [-0.25, -0.2) is 0 Å². The highest BCUT2D eigenvalue weighted by molar-refractivity contribution is 5.63. The molecule has 1 aliphatic rings. The number of nitrogens with one attached hydrogen (secondary N) is 2. The van der Waals surface area contributed by atoms with Crippen molar-refractivity contribution in [3.05, 3.63) is 28.3 Å². The van der Waals surface area contributed by atoms with Gasteiger partial charge in [0.05, 0.1) is 10.6 Å². The van der Waals surface area contributed by atoms with Crippen molar-refractivity contribution in [3.8, 4) is 0 Å². The Kier molecular flexibility index (Phi) is 4.79. The highest BCUT2D eigenvalue weighted by Gasteiger charge is 2.20. The molecule has 0 heterocycles. The van der Waals surface area contributed by atoms with E-state index >= 15 is 0 Å². The molecule has 0 aromatic heterocycles. The summed E-state index contributed by atoms with van der Waals surface area (Å²) < 4.78 is 0. The molecule has 0 amide bonds. The highest BCUT2D eigenvalue weighted by atomic mass is 16.6. The van der Waals surface area contributed by atoms with Crippen molar-refractivity contribution < 1.29 is 4.92 Å². The van der Waals surface area contributed by atoms with Crippen molar-refractivity contribution in [1.29, 1.82) is 0 Å². The van der Waals surface area contributed by atoms with Crippen molar-refractivity contribution in [3.63, 3.8) is 0 Å². The van der Waals surface area contributed by atoms with Crippen LogP contribution in [0.2, 0.25) is 0 Å². The summed E-state index contributed by atoms with van der Waals surface area (Å²) in [6, 6.07) is 5.19. The Bertz CT molecular complexity index is 470. The molecule has 0 atom stereocenters. The maximum absolute atomic E-state index is 10.9. The minimum atomic E-state index is -0.403. The van der Waals surface area contributed by atoms with E-state index in [0.29, 0.717) is 11.7 Å². The van der Waals surface area contributed by atoms with Gasteiger partial charge < -0.3 is 10.7 Å². The lowest BCUT2D eigenvalue weighted by Gasteiger charge is -2.29. The monoisotopic (exact) mass is 278 g/mol. The molecule has 0 radical (unpaired) electrons. The summed E-state index contributed by atoms with van der Waals surface area (Å²) in [6.07, 6.45) is 5.93. The van der Waals surface area contributed by atoms with Gasteiger partial charge in [-0.3, -0.25) is 16.0 Å². The van der Waals surface area contributed by atoms with Gasteiger partial charge in [0.2, 0.25) is 0 Å². The number of nitro groups is 1. The fraction of sp³-hybridized carbons (Fsp3) is 0.571. The van der Waals surface area contributed by atoms with Crippen molar-refractivity contribution in [2.75, 3.05) is 10.7 Å². The lowest BCUT2D eigenvalue weighted by molar-refractivity contribution is -0.384. The third kappa shape index (κ3) is 3.60. The van der Waals surface area contributed by atoms with Crippen LogP contribution >= 0.6 is 0 Å². The average molecular weight is 278 g/mol. The second kappa shape index (κ2) is 6.56. The second-order valence-electron chi connectivity index (χ2n) is 5.44. The zero-order valence-electron chi connectivity index (χ0n) is 11.8. The summed E-state index contributed by atoms with van der Waals surface area (Å²) in [6.45, 7) is 2.23. The fourth-order valence-electron chi connectivity index (χ4n) is 2.83. The average Bonchev–Trinajstić information content (AvgIpc) is 2.47. The third-order valence-electron chi connectivity index (χ3n) is 4.09. The second-order valence-corrected chi connectivity index (χ2v) is 5.44. The number of nitrogen functional groups attached to an aromatic ring is 1. The number of hydrogen-bond acceptors (Lipinski definition) is 5. The Morgan fingerprint density at radius 3 is 2.45 bits per heavy atom. The number of nitrogens with two attached hydrogens (primary N) is 1. The van der Waals surface area contributed by atoms with Crippen molar-refractivity contribution in [2.24, 2.45) is 11.8 Å². The summed E-state index contributed by atoms with van der Waals surface area (Å²) in [7, 11) is 0. The normalized spacial score (nSPS) is 22.3. The molecule has 1 aromatic carbocycles. The molecule has 1 fully saturated rings. The van der Waals surface area contributed by atoms with E-state index in [0.717, 1.165) is 24.4 Å². The van der Waals surface area contributed by atoms with Crippen molar-refractivity contribution in [2.45, 2.75) is 45.1 Å². The van der Waals surface area contributed by atoms with Gasteiger partial charge in [0.25, 0.3) is 5.69 Å². The number of non-ortho nitro benzene ring substituents is 1. The van der Waals surface area contributed by atoms with Gasteiger partial charge in [0.1, 0.15) is 0 Å².